The molecule has 0 saturated carbocycles. The third-order valence-corrected chi connectivity index (χ3v) is 2.27. The molecular formula is C11H17NO. The van der Waals surface area contributed by atoms with Gasteiger partial charge in [-0.1, -0.05) is 12.1 Å². The largest absolute Gasteiger partial charge is 0.508 e. The van der Waals surface area contributed by atoms with Crippen LogP contribution in [0.4, 0.5) is 0 Å². The second kappa shape index (κ2) is 4.87. The third-order valence-electron chi connectivity index (χ3n) is 2.27. The van der Waals surface area contributed by atoms with Gasteiger partial charge in [0.15, 0.2) is 0 Å². The highest BCUT2D eigenvalue weighted by Gasteiger charge is 2.02. The molecule has 0 fully saturated rings. The first kappa shape index (κ1) is 10.1. The number of phenolic OH excluding ortho intramolecular Hbond substituents is 1. The van der Waals surface area contributed by atoms with E-state index in [1.165, 1.54) is 0 Å². The van der Waals surface area contributed by atoms with Crippen LogP contribution in [0.5, 0.6) is 5.75 Å². The van der Waals surface area contributed by atoms with Crippen molar-refractivity contribution in [3.05, 3.63) is 29.3 Å². The van der Waals surface area contributed by atoms with Gasteiger partial charge in [-0.05, 0) is 49.9 Å². The number of hydrogen-bond acceptors (Lipinski definition) is 2. The van der Waals surface area contributed by atoms with E-state index < -0.39 is 0 Å². The molecule has 1 aromatic rings. The van der Waals surface area contributed by atoms with Crippen LogP contribution in [-0.2, 0) is 6.42 Å². The quantitative estimate of drug-likeness (QED) is 0.694. The van der Waals surface area contributed by atoms with Crippen LogP contribution in [0, 0.1) is 6.92 Å². The van der Waals surface area contributed by atoms with Gasteiger partial charge in [0.25, 0.3) is 0 Å². The Morgan fingerprint density at radius 2 is 2.08 bits per heavy atom. The molecule has 0 unspecified atom stereocenters. The SMILES string of the molecule is Cc1cccc(O)c1CCCCN. The molecule has 1 aromatic carbocycles. The minimum absolute atomic E-state index is 0.414. The molecule has 0 aromatic heterocycles. The van der Waals surface area contributed by atoms with Gasteiger partial charge >= 0.3 is 0 Å². The number of phenols is 1. The summed E-state index contributed by atoms with van der Waals surface area (Å²) in [6.07, 6.45) is 3.00. The van der Waals surface area contributed by atoms with E-state index in [9.17, 15) is 5.11 Å². The van der Waals surface area contributed by atoms with Crippen molar-refractivity contribution < 1.29 is 5.11 Å². The van der Waals surface area contributed by atoms with Crippen molar-refractivity contribution in [2.75, 3.05) is 6.54 Å². The number of aromatic hydroxyl groups is 1. The first-order valence-electron chi connectivity index (χ1n) is 4.73. The lowest BCUT2D eigenvalue weighted by Gasteiger charge is -2.07. The van der Waals surface area contributed by atoms with E-state index in [1.54, 1.807) is 6.07 Å². The summed E-state index contributed by atoms with van der Waals surface area (Å²) in [5.41, 5.74) is 7.64. The number of hydrogen-bond donors (Lipinski definition) is 2. The molecule has 0 amide bonds. The number of rotatable bonds is 4. The summed E-state index contributed by atoms with van der Waals surface area (Å²) in [6.45, 7) is 2.75. The molecule has 0 aliphatic heterocycles. The minimum Gasteiger partial charge on any atom is -0.508 e. The second-order valence-corrected chi connectivity index (χ2v) is 3.32. The van der Waals surface area contributed by atoms with Crippen molar-refractivity contribution in [3.63, 3.8) is 0 Å². The number of unbranched alkanes of at least 4 members (excludes halogenated alkanes) is 1. The van der Waals surface area contributed by atoms with E-state index in [1.807, 2.05) is 19.1 Å². The molecule has 0 atom stereocenters. The summed E-state index contributed by atoms with van der Waals surface area (Å²) >= 11 is 0. The van der Waals surface area contributed by atoms with Crippen molar-refractivity contribution >= 4 is 0 Å². The van der Waals surface area contributed by atoms with Gasteiger partial charge in [-0.3, -0.25) is 0 Å². The third kappa shape index (κ3) is 2.74. The normalized spacial score (nSPS) is 10.3. The molecule has 0 aliphatic carbocycles. The molecule has 0 radical (unpaired) electrons. The molecule has 0 heterocycles. The highest BCUT2D eigenvalue weighted by atomic mass is 16.3. The maximum Gasteiger partial charge on any atom is 0.119 e. The van der Waals surface area contributed by atoms with Gasteiger partial charge < -0.3 is 10.8 Å². The predicted molar refractivity (Wildman–Crippen MR) is 54.8 cm³/mol. The van der Waals surface area contributed by atoms with Gasteiger partial charge in [-0.15, -0.1) is 0 Å². The standard InChI is InChI=1S/C11H17NO/c1-9-5-4-7-11(13)10(9)6-2-3-8-12/h4-5,7,13H,2-3,6,8,12H2,1H3. The zero-order chi connectivity index (χ0) is 9.68. The summed E-state index contributed by atoms with van der Waals surface area (Å²) in [6, 6.07) is 5.64. The Balaban J connectivity index is 2.64. The molecule has 2 nitrogen and oxygen atoms in total. The Morgan fingerprint density at radius 3 is 2.69 bits per heavy atom. The maximum atomic E-state index is 9.56. The summed E-state index contributed by atoms with van der Waals surface area (Å²) in [5, 5.41) is 9.56. The summed E-state index contributed by atoms with van der Waals surface area (Å²) in [5.74, 6) is 0.414. The van der Waals surface area contributed by atoms with Crippen molar-refractivity contribution in [1.29, 1.82) is 0 Å². The van der Waals surface area contributed by atoms with E-state index in [0.29, 0.717) is 5.75 Å². The molecule has 72 valence electrons. The van der Waals surface area contributed by atoms with Crippen molar-refractivity contribution in [2.45, 2.75) is 26.2 Å². The Bertz CT molecular complexity index is 251. The number of benzene rings is 1. The fourth-order valence-electron chi connectivity index (χ4n) is 1.46. The van der Waals surface area contributed by atoms with E-state index in [0.717, 1.165) is 36.9 Å². The molecule has 3 N–H and O–H groups in total. The fraction of sp³-hybridized carbons (Fsp3) is 0.455. The number of aryl methyl sites for hydroxylation is 1. The highest BCUT2D eigenvalue weighted by molar-refractivity contribution is 5.38. The molecular weight excluding hydrogens is 162 g/mol. The average molecular weight is 179 g/mol. The van der Waals surface area contributed by atoms with Gasteiger partial charge in [-0.2, -0.15) is 0 Å². The van der Waals surface area contributed by atoms with E-state index in [2.05, 4.69) is 0 Å². The van der Waals surface area contributed by atoms with Crippen LogP contribution in [-0.4, -0.2) is 11.7 Å². The Kier molecular flexibility index (Phi) is 3.77. The molecule has 1 rings (SSSR count). The molecule has 2 heteroatoms. The Morgan fingerprint density at radius 1 is 1.31 bits per heavy atom. The zero-order valence-electron chi connectivity index (χ0n) is 8.09. The maximum absolute atomic E-state index is 9.56. The summed E-state index contributed by atoms with van der Waals surface area (Å²) in [4.78, 5) is 0. The molecule has 0 spiro atoms. The van der Waals surface area contributed by atoms with Crippen LogP contribution in [0.1, 0.15) is 24.0 Å². The fourth-order valence-corrected chi connectivity index (χ4v) is 1.46. The Labute approximate surface area is 79.4 Å². The van der Waals surface area contributed by atoms with Crippen LogP contribution < -0.4 is 5.73 Å². The van der Waals surface area contributed by atoms with Crippen LogP contribution in [0.15, 0.2) is 18.2 Å². The topological polar surface area (TPSA) is 46.2 Å². The monoisotopic (exact) mass is 179 g/mol. The van der Waals surface area contributed by atoms with E-state index >= 15 is 0 Å². The average Bonchev–Trinajstić information content (AvgIpc) is 2.10. The van der Waals surface area contributed by atoms with Crippen molar-refractivity contribution in [3.8, 4) is 5.75 Å². The van der Waals surface area contributed by atoms with Crippen LogP contribution in [0.3, 0.4) is 0 Å². The van der Waals surface area contributed by atoms with Crippen molar-refractivity contribution in [2.24, 2.45) is 5.73 Å². The van der Waals surface area contributed by atoms with Crippen LogP contribution in [0.2, 0.25) is 0 Å². The van der Waals surface area contributed by atoms with Gasteiger partial charge in [0.1, 0.15) is 5.75 Å². The van der Waals surface area contributed by atoms with Gasteiger partial charge in [0.05, 0.1) is 0 Å². The molecule has 0 aliphatic rings. The van der Waals surface area contributed by atoms with Crippen molar-refractivity contribution in [1.82, 2.24) is 0 Å². The van der Waals surface area contributed by atoms with Gasteiger partial charge in [0, 0.05) is 0 Å². The lowest BCUT2D eigenvalue weighted by molar-refractivity contribution is 0.466. The van der Waals surface area contributed by atoms with E-state index in [4.69, 9.17) is 5.73 Å². The number of nitrogens with two attached hydrogens (primary N) is 1. The Hall–Kier alpha value is -1.02. The minimum atomic E-state index is 0.414. The highest BCUT2D eigenvalue weighted by Crippen LogP contribution is 2.21. The first-order valence-corrected chi connectivity index (χ1v) is 4.73. The molecule has 0 saturated heterocycles. The second-order valence-electron chi connectivity index (χ2n) is 3.32. The summed E-state index contributed by atoms with van der Waals surface area (Å²) < 4.78 is 0. The first-order chi connectivity index (χ1) is 6.25. The molecule has 13 heavy (non-hydrogen) atoms. The van der Waals surface area contributed by atoms with E-state index in [-0.39, 0.29) is 0 Å². The van der Waals surface area contributed by atoms with Crippen LogP contribution >= 0.6 is 0 Å². The molecule has 0 bridgehead atoms. The van der Waals surface area contributed by atoms with Crippen LogP contribution in [0.25, 0.3) is 0 Å². The zero-order valence-corrected chi connectivity index (χ0v) is 8.09. The van der Waals surface area contributed by atoms with Gasteiger partial charge in [0.2, 0.25) is 0 Å². The lowest BCUT2D eigenvalue weighted by Crippen LogP contribution is -1.99. The predicted octanol–water partition coefficient (Wildman–Crippen LogP) is 1.98. The summed E-state index contributed by atoms with van der Waals surface area (Å²) in [7, 11) is 0. The smallest absolute Gasteiger partial charge is 0.119 e. The lowest BCUT2D eigenvalue weighted by atomic mass is 10.0. The van der Waals surface area contributed by atoms with Gasteiger partial charge in [-0.25, -0.2) is 0 Å².